The Labute approximate surface area is 150 Å². The number of anilines is 1. The van der Waals surface area contributed by atoms with Crippen molar-refractivity contribution in [3.63, 3.8) is 0 Å². The van der Waals surface area contributed by atoms with E-state index in [0.717, 1.165) is 19.3 Å². The molecule has 26 heavy (non-hydrogen) atoms. The minimum absolute atomic E-state index is 0.0553. The van der Waals surface area contributed by atoms with Crippen molar-refractivity contribution in [2.75, 3.05) is 18.4 Å². The summed E-state index contributed by atoms with van der Waals surface area (Å²) in [5.74, 6) is -1.03. The lowest BCUT2D eigenvalue weighted by atomic mass is 10.0. The lowest BCUT2D eigenvalue weighted by Crippen LogP contribution is -2.44. The fourth-order valence-electron chi connectivity index (χ4n) is 2.58. The molecular weight excluding hydrogens is 373 g/mol. The van der Waals surface area contributed by atoms with E-state index in [1.54, 1.807) is 0 Å². The maximum atomic E-state index is 12.6. The van der Waals surface area contributed by atoms with Gasteiger partial charge in [0.15, 0.2) is 5.60 Å². The van der Waals surface area contributed by atoms with Crippen LogP contribution in [0, 0.1) is 0 Å². The highest BCUT2D eigenvalue weighted by Gasteiger charge is 2.51. The summed E-state index contributed by atoms with van der Waals surface area (Å²) in [7, 11) is -3.62. The number of hydrogen-bond acceptors (Lipinski definition) is 4. The Morgan fingerprint density at radius 1 is 1.15 bits per heavy atom. The summed E-state index contributed by atoms with van der Waals surface area (Å²) in [4.78, 5) is 11.8. The van der Waals surface area contributed by atoms with Gasteiger partial charge in [0.25, 0.3) is 0 Å². The highest BCUT2D eigenvalue weighted by atomic mass is 32.2. The molecule has 1 aromatic rings. The maximum Gasteiger partial charge on any atom is 0.417 e. The van der Waals surface area contributed by atoms with Gasteiger partial charge in [-0.05, 0) is 44.0 Å². The van der Waals surface area contributed by atoms with E-state index in [-0.39, 0.29) is 10.6 Å². The van der Waals surface area contributed by atoms with Gasteiger partial charge in [-0.15, -0.1) is 0 Å². The van der Waals surface area contributed by atoms with Crippen LogP contribution in [0.4, 0.5) is 18.9 Å². The van der Waals surface area contributed by atoms with E-state index in [1.807, 2.05) is 0 Å². The quantitative estimate of drug-likeness (QED) is 0.803. The zero-order chi connectivity index (χ0) is 19.6. The number of halogens is 3. The van der Waals surface area contributed by atoms with Gasteiger partial charge in [-0.3, -0.25) is 4.79 Å². The van der Waals surface area contributed by atoms with E-state index < -0.39 is 34.1 Å². The Morgan fingerprint density at radius 3 is 2.19 bits per heavy atom. The molecule has 0 unspecified atom stereocenters. The second kappa shape index (κ2) is 7.53. The van der Waals surface area contributed by atoms with Gasteiger partial charge >= 0.3 is 6.18 Å². The number of carbonyl (C=O) groups is 1. The third kappa shape index (κ3) is 4.74. The molecule has 1 amide bonds. The minimum Gasteiger partial charge on any atom is -0.380 e. The summed E-state index contributed by atoms with van der Waals surface area (Å²) in [6.07, 6.45) is -3.52. The highest BCUT2D eigenvalue weighted by molar-refractivity contribution is 7.89. The minimum atomic E-state index is -4.93. The SMILES string of the molecule is C[C@@](O)(CC(=O)Nc1ccc(S(=O)(=O)N2CCCCC2)cc1)C(F)(F)F. The molecule has 2 N–H and O–H groups in total. The van der Waals surface area contributed by atoms with E-state index in [1.165, 1.54) is 28.6 Å². The second-order valence-corrected chi connectivity index (χ2v) is 8.42. The van der Waals surface area contributed by atoms with E-state index in [9.17, 15) is 31.5 Å². The van der Waals surface area contributed by atoms with Gasteiger partial charge in [-0.25, -0.2) is 8.42 Å². The zero-order valence-electron chi connectivity index (χ0n) is 14.2. The molecule has 0 aliphatic carbocycles. The molecule has 0 radical (unpaired) electrons. The number of amides is 1. The molecule has 1 saturated heterocycles. The first-order chi connectivity index (χ1) is 11.9. The van der Waals surface area contributed by atoms with Crippen LogP contribution in [0.15, 0.2) is 29.2 Å². The Hall–Kier alpha value is -1.65. The van der Waals surface area contributed by atoms with Crippen molar-refractivity contribution in [3.8, 4) is 0 Å². The van der Waals surface area contributed by atoms with Crippen LogP contribution in [0.1, 0.15) is 32.6 Å². The molecule has 10 heteroatoms. The van der Waals surface area contributed by atoms with Gasteiger partial charge in [0, 0.05) is 18.8 Å². The van der Waals surface area contributed by atoms with E-state index in [0.29, 0.717) is 20.0 Å². The van der Waals surface area contributed by atoms with Crippen molar-refractivity contribution in [1.29, 1.82) is 0 Å². The maximum absolute atomic E-state index is 12.6. The monoisotopic (exact) mass is 394 g/mol. The molecular formula is C16H21F3N2O4S. The average molecular weight is 394 g/mol. The van der Waals surface area contributed by atoms with Crippen molar-refractivity contribution in [1.82, 2.24) is 4.31 Å². The number of carbonyl (C=O) groups excluding carboxylic acids is 1. The zero-order valence-corrected chi connectivity index (χ0v) is 15.0. The number of sulfonamides is 1. The van der Waals surface area contributed by atoms with Crippen molar-refractivity contribution in [2.24, 2.45) is 0 Å². The number of nitrogens with one attached hydrogen (secondary N) is 1. The summed E-state index contributed by atoms with van der Waals surface area (Å²) in [6.45, 7) is 1.42. The van der Waals surface area contributed by atoms with Crippen LogP contribution in [-0.4, -0.2) is 48.6 Å². The normalized spacial score (nSPS) is 19.0. The van der Waals surface area contributed by atoms with Crippen molar-refractivity contribution in [2.45, 2.75) is 49.3 Å². The van der Waals surface area contributed by atoms with Crippen molar-refractivity contribution >= 4 is 21.6 Å². The fraction of sp³-hybridized carbons (Fsp3) is 0.562. The first-order valence-corrected chi connectivity index (χ1v) is 9.57. The number of hydrogen-bond donors (Lipinski definition) is 2. The topological polar surface area (TPSA) is 86.7 Å². The Bertz CT molecular complexity index is 740. The molecule has 0 spiro atoms. The molecule has 0 bridgehead atoms. The molecule has 6 nitrogen and oxygen atoms in total. The van der Waals surface area contributed by atoms with Gasteiger partial charge < -0.3 is 10.4 Å². The lowest BCUT2D eigenvalue weighted by molar-refractivity contribution is -0.252. The largest absolute Gasteiger partial charge is 0.417 e. The number of aliphatic hydroxyl groups is 1. The predicted molar refractivity (Wildman–Crippen MR) is 89.0 cm³/mol. The van der Waals surface area contributed by atoms with E-state index >= 15 is 0 Å². The number of piperidine rings is 1. The van der Waals surface area contributed by atoms with Crippen LogP contribution in [0.3, 0.4) is 0 Å². The van der Waals surface area contributed by atoms with Crippen LogP contribution in [-0.2, 0) is 14.8 Å². The smallest absolute Gasteiger partial charge is 0.380 e. The van der Waals surface area contributed by atoms with Crippen LogP contribution in [0.5, 0.6) is 0 Å². The van der Waals surface area contributed by atoms with Gasteiger partial charge in [0.1, 0.15) is 0 Å². The summed E-state index contributed by atoms with van der Waals surface area (Å²) in [5.41, 5.74) is -3.00. The molecule has 1 atom stereocenters. The summed E-state index contributed by atoms with van der Waals surface area (Å²) < 4.78 is 64.2. The first-order valence-electron chi connectivity index (χ1n) is 8.13. The average Bonchev–Trinajstić information content (AvgIpc) is 2.54. The third-order valence-electron chi connectivity index (χ3n) is 4.21. The number of nitrogens with zero attached hydrogens (tertiary/aromatic N) is 1. The van der Waals surface area contributed by atoms with Gasteiger partial charge in [0.2, 0.25) is 15.9 Å². The molecule has 1 aromatic carbocycles. The summed E-state index contributed by atoms with van der Waals surface area (Å²) >= 11 is 0. The predicted octanol–water partition coefficient (Wildman–Crippen LogP) is 2.50. The molecule has 146 valence electrons. The highest BCUT2D eigenvalue weighted by Crippen LogP contribution is 2.33. The summed E-state index contributed by atoms with van der Waals surface area (Å²) in [6, 6.07) is 5.19. The Kier molecular flexibility index (Phi) is 5.99. The Morgan fingerprint density at radius 2 is 1.69 bits per heavy atom. The molecule has 1 aliphatic heterocycles. The van der Waals surface area contributed by atoms with Crippen LogP contribution in [0.2, 0.25) is 0 Å². The van der Waals surface area contributed by atoms with Gasteiger partial charge in [0.05, 0.1) is 11.3 Å². The van der Waals surface area contributed by atoms with Crippen LogP contribution >= 0.6 is 0 Å². The van der Waals surface area contributed by atoms with E-state index in [4.69, 9.17) is 0 Å². The fourth-order valence-corrected chi connectivity index (χ4v) is 4.10. The van der Waals surface area contributed by atoms with Crippen LogP contribution < -0.4 is 5.32 Å². The first kappa shape index (κ1) is 20.7. The van der Waals surface area contributed by atoms with E-state index in [2.05, 4.69) is 5.32 Å². The van der Waals surface area contributed by atoms with Gasteiger partial charge in [-0.2, -0.15) is 17.5 Å². The van der Waals surface area contributed by atoms with Crippen LogP contribution in [0.25, 0.3) is 0 Å². The molecule has 0 aromatic heterocycles. The molecule has 0 saturated carbocycles. The Balaban J connectivity index is 2.04. The number of alkyl halides is 3. The number of rotatable bonds is 5. The van der Waals surface area contributed by atoms with Crippen molar-refractivity contribution in [3.05, 3.63) is 24.3 Å². The molecule has 1 fully saturated rings. The molecule has 1 aliphatic rings. The number of benzene rings is 1. The van der Waals surface area contributed by atoms with Gasteiger partial charge in [-0.1, -0.05) is 6.42 Å². The van der Waals surface area contributed by atoms with Crippen molar-refractivity contribution < 1.29 is 31.5 Å². The third-order valence-corrected chi connectivity index (χ3v) is 6.12. The lowest BCUT2D eigenvalue weighted by Gasteiger charge is -2.26. The summed E-state index contributed by atoms with van der Waals surface area (Å²) in [5, 5.41) is 11.5. The molecule has 1 heterocycles. The molecule has 2 rings (SSSR count). The standard InChI is InChI=1S/C16H21F3N2O4S/c1-15(23,16(17,18)19)11-14(22)20-12-5-7-13(8-6-12)26(24,25)21-9-3-2-4-10-21/h5-8,23H,2-4,9-11H2,1H3,(H,20,22)/t15-/m1/s1. The second-order valence-electron chi connectivity index (χ2n) is 6.49.